The van der Waals surface area contributed by atoms with Crippen LogP contribution in [0.5, 0.6) is 5.75 Å². The molecule has 3 rings (SSSR count). The van der Waals surface area contributed by atoms with Gasteiger partial charge in [-0.05, 0) is 23.3 Å². The Labute approximate surface area is 151 Å². The van der Waals surface area contributed by atoms with Crippen LogP contribution in [0.25, 0.3) is 11.1 Å². The van der Waals surface area contributed by atoms with E-state index in [2.05, 4.69) is 0 Å². The number of hydrogen-bond donors (Lipinski definition) is 1. The molecule has 4 heteroatoms. The predicted molar refractivity (Wildman–Crippen MR) is 99.4 cm³/mol. The van der Waals surface area contributed by atoms with Gasteiger partial charge in [0.25, 0.3) is 0 Å². The highest BCUT2D eigenvalue weighted by Gasteiger charge is 2.25. The first-order valence-electron chi connectivity index (χ1n) is 8.02. The van der Waals surface area contributed by atoms with Crippen molar-refractivity contribution in [1.29, 1.82) is 0 Å². The molecule has 0 spiro atoms. The highest BCUT2D eigenvalue weighted by molar-refractivity contribution is 6.37. The van der Waals surface area contributed by atoms with Crippen LogP contribution in [0.3, 0.4) is 0 Å². The Balaban J connectivity index is 2.16. The molecule has 0 radical (unpaired) electrons. The van der Waals surface area contributed by atoms with Crippen LogP contribution in [0.2, 0.25) is 0 Å². The highest BCUT2D eigenvalue weighted by Crippen LogP contribution is 2.28. The Morgan fingerprint density at radius 3 is 1.50 bits per heavy atom. The quantitative estimate of drug-likeness (QED) is 0.325. The zero-order valence-corrected chi connectivity index (χ0v) is 13.8. The molecule has 0 aliphatic carbocycles. The van der Waals surface area contributed by atoms with Crippen LogP contribution >= 0.6 is 0 Å². The van der Waals surface area contributed by atoms with Gasteiger partial charge in [0.05, 0.1) is 11.1 Å². The number of esters is 1. The van der Waals surface area contributed by atoms with Crippen molar-refractivity contribution >= 4 is 23.1 Å². The molecular weight excluding hydrogens is 328 g/mol. The smallest absolute Gasteiger partial charge is 0.345 e. The van der Waals surface area contributed by atoms with E-state index in [0.717, 1.165) is 0 Å². The molecule has 0 atom stereocenters. The second-order valence-electron chi connectivity index (χ2n) is 5.49. The topological polar surface area (TPSA) is 63.6 Å². The first-order chi connectivity index (χ1) is 12.7. The van der Waals surface area contributed by atoms with Gasteiger partial charge in [-0.15, -0.1) is 0 Å². The molecule has 1 N–H and O–H groups in total. The summed E-state index contributed by atoms with van der Waals surface area (Å²) in [5.41, 5.74) is 0.824. The van der Waals surface area contributed by atoms with E-state index in [1.807, 2.05) is 0 Å². The zero-order valence-electron chi connectivity index (χ0n) is 13.8. The first-order valence-corrected chi connectivity index (χ1v) is 8.02. The lowest BCUT2D eigenvalue weighted by Gasteiger charge is -2.13. The monoisotopic (exact) mass is 344 g/mol. The van der Waals surface area contributed by atoms with Crippen molar-refractivity contribution in [2.75, 3.05) is 0 Å². The fourth-order valence-electron chi connectivity index (χ4n) is 2.60. The van der Waals surface area contributed by atoms with Gasteiger partial charge in [-0.3, -0.25) is 0 Å². The molecule has 0 unspecified atom stereocenters. The van der Waals surface area contributed by atoms with Crippen molar-refractivity contribution < 1.29 is 19.4 Å². The van der Waals surface area contributed by atoms with Gasteiger partial charge in [0.2, 0.25) is 0 Å². The van der Waals surface area contributed by atoms with Crippen molar-refractivity contribution in [3.05, 3.63) is 102 Å². The van der Waals surface area contributed by atoms with Crippen molar-refractivity contribution in [2.24, 2.45) is 0 Å². The lowest BCUT2D eigenvalue weighted by atomic mass is 9.94. The second kappa shape index (κ2) is 7.94. The molecule has 0 bridgehead atoms. The zero-order chi connectivity index (χ0) is 18.4. The van der Waals surface area contributed by atoms with Gasteiger partial charge < -0.3 is 9.84 Å². The first kappa shape index (κ1) is 17.2. The van der Waals surface area contributed by atoms with Crippen LogP contribution in [0, 0.1) is 0 Å². The minimum Gasteiger partial charge on any atom is -0.478 e. The van der Waals surface area contributed by atoms with Gasteiger partial charge in [0, 0.05) is 0 Å². The number of carboxylic acids is 1. The number of hydrogen-bond acceptors (Lipinski definition) is 3. The Kier molecular flexibility index (Phi) is 5.25. The third kappa shape index (κ3) is 3.87. The minimum atomic E-state index is -1.19. The molecule has 0 saturated heterocycles. The van der Waals surface area contributed by atoms with Crippen LogP contribution < -0.4 is 4.74 Å². The Morgan fingerprint density at radius 2 is 1.04 bits per heavy atom. The fraction of sp³-hybridized carbons (Fsp3) is 0. The van der Waals surface area contributed by atoms with Crippen LogP contribution in [0.15, 0.2) is 91.0 Å². The maximum absolute atomic E-state index is 12.9. The summed E-state index contributed by atoms with van der Waals surface area (Å²) in [5, 5.41) is 9.81. The number of rotatable bonds is 5. The van der Waals surface area contributed by atoms with E-state index in [1.54, 1.807) is 91.0 Å². The molecule has 0 aromatic heterocycles. The van der Waals surface area contributed by atoms with E-state index in [-0.39, 0.29) is 11.1 Å². The van der Waals surface area contributed by atoms with Gasteiger partial charge >= 0.3 is 11.9 Å². The summed E-state index contributed by atoms with van der Waals surface area (Å²) in [5.74, 6) is -1.56. The van der Waals surface area contributed by atoms with E-state index in [4.69, 9.17) is 4.74 Å². The number of carbonyl (C=O) groups excluding carboxylic acids is 1. The average Bonchev–Trinajstić information content (AvgIpc) is 2.67. The number of carboxylic acid groups (broad SMARTS) is 1. The molecule has 26 heavy (non-hydrogen) atoms. The third-order valence-corrected chi connectivity index (χ3v) is 3.75. The maximum atomic E-state index is 12.9. The fourth-order valence-corrected chi connectivity index (χ4v) is 2.60. The SMILES string of the molecule is O=C(O)/C(=C(\C(=O)Oc1ccccc1)c1ccccc1)c1ccccc1. The van der Waals surface area contributed by atoms with E-state index in [9.17, 15) is 14.7 Å². The number of para-hydroxylation sites is 1. The van der Waals surface area contributed by atoms with E-state index in [1.165, 1.54) is 0 Å². The molecule has 0 amide bonds. The predicted octanol–water partition coefficient (Wildman–Crippen LogP) is 4.29. The van der Waals surface area contributed by atoms with Crippen LogP contribution in [-0.2, 0) is 9.59 Å². The summed E-state index contributed by atoms with van der Waals surface area (Å²) in [6.45, 7) is 0. The maximum Gasteiger partial charge on any atom is 0.345 e. The Hall–Kier alpha value is -3.66. The molecule has 0 aliphatic heterocycles. The van der Waals surface area contributed by atoms with E-state index < -0.39 is 11.9 Å². The van der Waals surface area contributed by atoms with Gasteiger partial charge in [-0.2, -0.15) is 0 Å². The Morgan fingerprint density at radius 1 is 0.615 bits per heavy atom. The average molecular weight is 344 g/mol. The lowest BCUT2D eigenvalue weighted by molar-refractivity contribution is -0.131. The Bertz CT molecular complexity index is 930. The molecule has 128 valence electrons. The van der Waals surface area contributed by atoms with Crippen LogP contribution in [-0.4, -0.2) is 17.0 Å². The molecular formula is C22H16O4. The van der Waals surface area contributed by atoms with Gasteiger partial charge in [-0.1, -0.05) is 78.9 Å². The van der Waals surface area contributed by atoms with Crippen molar-refractivity contribution in [1.82, 2.24) is 0 Å². The molecule has 0 saturated carbocycles. The summed E-state index contributed by atoms with van der Waals surface area (Å²) in [6, 6.07) is 25.8. The standard InChI is InChI=1S/C22H16O4/c23-21(24)19(16-10-4-1-5-11-16)20(17-12-6-2-7-13-17)22(25)26-18-14-8-3-9-15-18/h1-15H,(H,23,24)/b20-19-. The number of aliphatic carboxylic acids is 1. The molecule has 0 aliphatic rings. The van der Waals surface area contributed by atoms with E-state index in [0.29, 0.717) is 16.9 Å². The number of benzene rings is 3. The van der Waals surface area contributed by atoms with Gasteiger partial charge in [0.1, 0.15) is 5.75 Å². The summed E-state index contributed by atoms with van der Waals surface area (Å²) in [4.78, 5) is 24.9. The molecule has 4 nitrogen and oxygen atoms in total. The van der Waals surface area contributed by atoms with Crippen molar-refractivity contribution in [3.8, 4) is 5.75 Å². The van der Waals surface area contributed by atoms with E-state index >= 15 is 0 Å². The summed E-state index contributed by atoms with van der Waals surface area (Å²) in [6.07, 6.45) is 0. The van der Waals surface area contributed by atoms with Crippen LogP contribution in [0.4, 0.5) is 0 Å². The van der Waals surface area contributed by atoms with Crippen molar-refractivity contribution in [3.63, 3.8) is 0 Å². The second-order valence-corrected chi connectivity index (χ2v) is 5.49. The summed E-state index contributed by atoms with van der Waals surface area (Å²) >= 11 is 0. The van der Waals surface area contributed by atoms with Crippen LogP contribution in [0.1, 0.15) is 11.1 Å². The molecule has 3 aromatic rings. The minimum absolute atomic E-state index is 0.00755. The van der Waals surface area contributed by atoms with Crippen molar-refractivity contribution in [2.45, 2.75) is 0 Å². The number of carbonyl (C=O) groups is 2. The normalized spacial score (nSPS) is 11.4. The summed E-state index contributed by atoms with van der Waals surface area (Å²) < 4.78 is 5.42. The highest BCUT2D eigenvalue weighted by atomic mass is 16.5. The molecule has 3 aromatic carbocycles. The molecule has 0 heterocycles. The summed E-state index contributed by atoms with van der Waals surface area (Å²) in [7, 11) is 0. The van der Waals surface area contributed by atoms with Gasteiger partial charge in [-0.25, -0.2) is 9.59 Å². The largest absolute Gasteiger partial charge is 0.478 e. The number of ether oxygens (including phenoxy) is 1. The molecule has 0 fully saturated rings. The lowest BCUT2D eigenvalue weighted by Crippen LogP contribution is -2.15. The van der Waals surface area contributed by atoms with Gasteiger partial charge in [0.15, 0.2) is 0 Å². The third-order valence-electron chi connectivity index (χ3n) is 3.75.